The lowest BCUT2D eigenvalue weighted by Gasteiger charge is -2.28. The molecular formula is C30H29F5O2. The zero-order valence-electron chi connectivity index (χ0n) is 20.6. The fourth-order valence-electron chi connectivity index (χ4n) is 5.46. The number of aryl methyl sites for hydroxylation is 1. The van der Waals surface area contributed by atoms with Gasteiger partial charge in [-0.1, -0.05) is 69.7 Å². The van der Waals surface area contributed by atoms with E-state index in [2.05, 4.69) is 6.92 Å². The second-order valence-corrected chi connectivity index (χ2v) is 9.94. The summed E-state index contributed by atoms with van der Waals surface area (Å²) in [6.07, 6.45) is 9.42. The highest BCUT2D eigenvalue weighted by Gasteiger charge is 2.26. The fourth-order valence-corrected chi connectivity index (χ4v) is 5.46. The van der Waals surface area contributed by atoms with Crippen molar-refractivity contribution in [2.75, 3.05) is 0 Å². The summed E-state index contributed by atoms with van der Waals surface area (Å²) >= 11 is 0. The first-order valence-electron chi connectivity index (χ1n) is 12.7. The summed E-state index contributed by atoms with van der Waals surface area (Å²) < 4.78 is 71.4. The van der Waals surface area contributed by atoms with Crippen molar-refractivity contribution in [3.8, 4) is 22.3 Å². The van der Waals surface area contributed by atoms with Crippen molar-refractivity contribution in [3.05, 3.63) is 82.7 Å². The Kier molecular flexibility index (Phi) is 8.30. The molecule has 0 bridgehead atoms. The standard InChI is InChI=1S/C30H29F5O2/c1-2-3-17-4-6-18(7-5-17)8-9-19-10-12-20(13-11-19)22-16-23(31)27(30(36)37)29(35)26(22)21-14-24(32)28(34)25(33)15-21/h10-18H,2-9H2,1H3,(H,36,37). The number of carboxylic acids is 1. The topological polar surface area (TPSA) is 37.3 Å². The summed E-state index contributed by atoms with van der Waals surface area (Å²) in [5, 5.41) is 9.29. The van der Waals surface area contributed by atoms with Crippen LogP contribution in [0.15, 0.2) is 42.5 Å². The fraction of sp³-hybridized carbons (Fsp3) is 0.367. The van der Waals surface area contributed by atoms with Crippen LogP contribution in [0.4, 0.5) is 22.0 Å². The predicted octanol–water partition coefficient (Wildman–Crippen LogP) is 8.95. The van der Waals surface area contributed by atoms with Gasteiger partial charge in [0.25, 0.3) is 0 Å². The number of rotatable bonds is 8. The van der Waals surface area contributed by atoms with E-state index in [1.807, 2.05) is 12.1 Å². The van der Waals surface area contributed by atoms with Crippen molar-refractivity contribution in [3.63, 3.8) is 0 Å². The van der Waals surface area contributed by atoms with Crippen molar-refractivity contribution < 1.29 is 31.9 Å². The van der Waals surface area contributed by atoms with E-state index in [0.717, 1.165) is 30.4 Å². The Bertz CT molecular complexity index is 1260. The summed E-state index contributed by atoms with van der Waals surface area (Å²) in [6, 6.07) is 8.89. The van der Waals surface area contributed by atoms with Crippen LogP contribution in [0.25, 0.3) is 22.3 Å². The maximum Gasteiger partial charge on any atom is 0.341 e. The number of benzene rings is 3. The zero-order valence-corrected chi connectivity index (χ0v) is 20.6. The average Bonchev–Trinajstić information content (AvgIpc) is 2.86. The highest BCUT2D eigenvalue weighted by Crippen LogP contribution is 2.39. The quantitative estimate of drug-likeness (QED) is 0.240. The third kappa shape index (κ3) is 5.86. The number of aromatic carboxylic acids is 1. The molecule has 1 fully saturated rings. The minimum Gasteiger partial charge on any atom is -0.477 e. The number of halogens is 5. The Morgan fingerprint density at radius 2 is 1.35 bits per heavy atom. The van der Waals surface area contributed by atoms with E-state index in [0.29, 0.717) is 23.6 Å². The van der Waals surface area contributed by atoms with E-state index < -0.39 is 51.7 Å². The molecule has 0 atom stereocenters. The number of carbonyl (C=O) groups is 1. The van der Waals surface area contributed by atoms with Gasteiger partial charge in [0.15, 0.2) is 17.5 Å². The van der Waals surface area contributed by atoms with E-state index in [1.54, 1.807) is 12.1 Å². The third-order valence-corrected chi connectivity index (χ3v) is 7.47. The van der Waals surface area contributed by atoms with Crippen molar-refractivity contribution in [1.82, 2.24) is 0 Å². The van der Waals surface area contributed by atoms with Gasteiger partial charge < -0.3 is 5.11 Å². The van der Waals surface area contributed by atoms with Crippen LogP contribution >= 0.6 is 0 Å². The molecule has 0 unspecified atom stereocenters. The minimum atomic E-state index is -1.87. The summed E-state index contributed by atoms with van der Waals surface area (Å²) in [5.74, 6) is -8.05. The van der Waals surface area contributed by atoms with Gasteiger partial charge in [-0.2, -0.15) is 0 Å². The molecule has 0 spiro atoms. The Hall–Kier alpha value is -3.22. The Morgan fingerprint density at radius 3 is 1.89 bits per heavy atom. The van der Waals surface area contributed by atoms with Gasteiger partial charge in [0.2, 0.25) is 0 Å². The first-order chi connectivity index (χ1) is 17.7. The van der Waals surface area contributed by atoms with Gasteiger partial charge in [-0.15, -0.1) is 0 Å². The maximum atomic E-state index is 15.3. The van der Waals surface area contributed by atoms with Crippen molar-refractivity contribution in [1.29, 1.82) is 0 Å². The second kappa shape index (κ2) is 11.4. The molecular weight excluding hydrogens is 487 g/mol. The molecule has 196 valence electrons. The van der Waals surface area contributed by atoms with Gasteiger partial charge in [-0.05, 0) is 65.1 Å². The summed E-state index contributed by atoms with van der Waals surface area (Å²) in [5.41, 5.74) is -0.927. The van der Waals surface area contributed by atoms with E-state index in [4.69, 9.17) is 0 Å². The Balaban J connectivity index is 1.62. The van der Waals surface area contributed by atoms with Crippen LogP contribution in [-0.2, 0) is 6.42 Å². The molecule has 3 aromatic rings. The van der Waals surface area contributed by atoms with Crippen molar-refractivity contribution >= 4 is 5.97 Å². The first-order valence-corrected chi connectivity index (χ1v) is 12.7. The highest BCUT2D eigenvalue weighted by molar-refractivity contribution is 5.94. The smallest absolute Gasteiger partial charge is 0.341 e. The molecule has 3 aromatic carbocycles. The average molecular weight is 517 g/mol. The van der Waals surface area contributed by atoms with Gasteiger partial charge in [0.05, 0.1) is 0 Å². The molecule has 1 aliphatic rings. The molecule has 0 aliphatic heterocycles. The third-order valence-electron chi connectivity index (χ3n) is 7.47. The molecule has 4 rings (SSSR count). The number of hydrogen-bond acceptors (Lipinski definition) is 1. The molecule has 0 amide bonds. The molecule has 0 aromatic heterocycles. The van der Waals surface area contributed by atoms with Gasteiger partial charge >= 0.3 is 5.97 Å². The predicted molar refractivity (Wildman–Crippen MR) is 133 cm³/mol. The molecule has 37 heavy (non-hydrogen) atoms. The van der Waals surface area contributed by atoms with Gasteiger partial charge in [-0.25, -0.2) is 26.7 Å². The Labute approximate surface area is 213 Å². The molecule has 0 saturated heterocycles. The molecule has 0 radical (unpaired) electrons. The first kappa shape index (κ1) is 26.8. The number of carboxylic acid groups (broad SMARTS) is 1. The lowest BCUT2D eigenvalue weighted by Crippen LogP contribution is -2.15. The van der Waals surface area contributed by atoms with Crippen LogP contribution in [0.5, 0.6) is 0 Å². The van der Waals surface area contributed by atoms with E-state index in [-0.39, 0.29) is 5.56 Å². The largest absolute Gasteiger partial charge is 0.477 e. The van der Waals surface area contributed by atoms with Gasteiger partial charge in [-0.3, -0.25) is 0 Å². The lowest BCUT2D eigenvalue weighted by atomic mass is 9.78. The Morgan fingerprint density at radius 1 is 0.784 bits per heavy atom. The SMILES string of the molecule is CCCC1CCC(CCc2ccc(-c3cc(F)c(C(=O)O)c(F)c3-c3cc(F)c(F)c(F)c3)cc2)CC1. The molecule has 2 nitrogen and oxygen atoms in total. The van der Waals surface area contributed by atoms with Crippen LogP contribution in [0.2, 0.25) is 0 Å². The van der Waals surface area contributed by atoms with Gasteiger partial charge in [0.1, 0.15) is 17.2 Å². The van der Waals surface area contributed by atoms with Gasteiger partial charge in [0, 0.05) is 5.56 Å². The highest BCUT2D eigenvalue weighted by atomic mass is 19.2. The lowest BCUT2D eigenvalue weighted by molar-refractivity contribution is 0.0686. The second-order valence-electron chi connectivity index (χ2n) is 9.94. The molecule has 1 N–H and O–H groups in total. The van der Waals surface area contributed by atoms with Crippen molar-refractivity contribution in [2.45, 2.75) is 58.3 Å². The zero-order chi connectivity index (χ0) is 26.7. The van der Waals surface area contributed by atoms with Crippen LogP contribution in [0, 0.1) is 40.9 Å². The van der Waals surface area contributed by atoms with E-state index >= 15 is 4.39 Å². The summed E-state index contributed by atoms with van der Waals surface area (Å²) in [7, 11) is 0. The van der Waals surface area contributed by atoms with E-state index in [9.17, 15) is 27.5 Å². The maximum absolute atomic E-state index is 15.3. The molecule has 7 heteroatoms. The van der Waals surface area contributed by atoms with Crippen LogP contribution in [0.3, 0.4) is 0 Å². The van der Waals surface area contributed by atoms with Crippen LogP contribution in [-0.4, -0.2) is 11.1 Å². The summed E-state index contributed by atoms with van der Waals surface area (Å²) in [6.45, 7) is 2.22. The normalized spacial score (nSPS) is 17.7. The molecule has 1 saturated carbocycles. The van der Waals surface area contributed by atoms with Crippen LogP contribution < -0.4 is 0 Å². The number of hydrogen-bond donors (Lipinski definition) is 1. The summed E-state index contributed by atoms with van der Waals surface area (Å²) in [4.78, 5) is 11.5. The van der Waals surface area contributed by atoms with Crippen LogP contribution in [0.1, 0.15) is 67.8 Å². The van der Waals surface area contributed by atoms with E-state index in [1.165, 1.54) is 38.5 Å². The van der Waals surface area contributed by atoms with Crippen molar-refractivity contribution in [2.24, 2.45) is 11.8 Å². The molecule has 1 aliphatic carbocycles. The monoisotopic (exact) mass is 516 g/mol. The molecule has 0 heterocycles. The minimum absolute atomic E-state index is 0.0915.